The molecule has 1 aromatic rings. The summed E-state index contributed by atoms with van der Waals surface area (Å²) in [6.07, 6.45) is 0.494. The van der Waals surface area contributed by atoms with Gasteiger partial charge < -0.3 is 19.9 Å². The number of piperazine rings is 1. The van der Waals surface area contributed by atoms with Crippen molar-refractivity contribution in [3.05, 3.63) is 23.2 Å². The molecule has 9 heteroatoms. The van der Waals surface area contributed by atoms with E-state index in [2.05, 4.69) is 10.2 Å². The van der Waals surface area contributed by atoms with Crippen LogP contribution in [0.15, 0.2) is 18.2 Å². The van der Waals surface area contributed by atoms with Gasteiger partial charge in [0.1, 0.15) is 5.75 Å². The van der Waals surface area contributed by atoms with E-state index in [0.717, 1.165) is 11.4 Å². The molecule has 1 N–H and O–H groups in total. The Hall–Kier alpha value is -1.67. The second-order valence-corrected chi connectivity index (χ2v) is 9.00. The third-order valence-electron chi connectivity index (χ3n) is 4.61. The van der Waals surface area contributed by atoms with Crippen LogP contribution in [0.5, 0.6) is 5.75 Å². The molecule has 0 saturated carbocycles. The molecule has 1 atom stereocenters. The fraction of sp³-hybridized carbons (Fsp3) is 0.562. The summed E-state index contributed by atoms with van der Waals surface area (Å²) in [4.78, 5) is 16.2. The highest BCUT2D eigenvalue weighted by Gasteiger charge is 2.31. The summed E-state index contributed by atoms with van der Waals surface area (Å²) in [5.41, 5.74) is 0.914. The summed E-state index contributed by atoms with van der Waals surface area (Å²) in [6, 6.07) is 5.00. The van der Waals surface area contributed by atoms with Crippen molar-refractivity contribution < 1.29 is 17.9 Å². The molecule has 7 nitrogen and oxygen atoms in total. The zero-order valence-corrected chi connectivity index (χ0v) is 15.6. The normalized spacial score (nSPS) is 22.7. The van der Waals surface area contributed by atoms with Gasteiger partial charge in [0.25, 0.3) is 0 Å². The lowest BCUT2D eigenvalue weighted by Crippen LogP contribution is -2.53. The molecular formula is C16H22ClN3O4S. The average molecular weight is 388 g/mol. The summed E-state index contributed by atoms with van der Waals surface area (Å²) in [7, 11) is -1.38. The summed E-state index contributed by atoms with van der Waals surface area (Å²) < 4.78 is 28.4. The molecule has 0 aliphatic carbocycles. The Morgan fingerprint density at radius 2 is 2.00 bits per heavy atom. The molecule has 0 aromatic heterocycles. The quantitative estimate of drug-likeness (QED) is 0.847. The van der Waals surface area contributed by atoms with Crippen LogP contribution in [0.3, 0.4) is 0 Å². The van der Waals surface area contributed by atoms with Gasteiger partial charge >= 0.3 is 6.03 Å². The van der Waals surface area contributed by atoms with Gasteiger partial charge in [-0.05, 0) is 24.6 Å². The van der Waals surface area contributed by atoms with Gasteiger partial charge in [0.05, 0.1) is 24.3 Å². The first-order valence-electron chi connectivity index (χ1n) is 8.22. The Labute approximate surface area is 152 Å². The molecule has 138 valence electrons. The minimum absolute atomic E-state index is 0.0401. The minimum Gasteiger partial charge on any atom is -0.495 e. The van der Waals surface area contributed by atoms with Gasteiger partial charge in [0.2, 0.25) is 0 Å². The number of ether oxygens (including phenoxy) is 1. The fourth-order valence-electron chi connectivity index (χ4n) is 3.24. The maximum Gasteiger partial charge on any atom is 0.317 e. The maximum absolute atomic E-state index is 12.3. The van der Waals surface area contributed by atoms with E-state index in [1.165, 1.54) is 0 Å². The van der Waals surface area contributed by atoms with Crippen LogP contribution in [-0.4, -0.2) is 70.2 Å². The Morgan fingerprint density at radius 1 is 1.28 bits per heavy atom. The van der Waals surface area contributed by atoms with E-state index in [0.29, 0.717) is 37.6 Å². The first-order chi connectivity index (χ1) is 11.9. The number of sulfone groups is 1. The number of hydrogen-bond donors (Lipinski definition) is 1. The largest absolute Gasteiger partial charge is 0.495 e. The lowest BCUT2D eigenvalue weighted by molar-refractivity contribution is 0.191. The molecule has 2 aliphatic heterocycles. The Bertz CT molecular complexity index is 748. The number of methoxy groups -OCH3 is 1. The van der Waals surface area contributed by atoms with Crippen LogP contribution in [0.1, 0.15) is 6.42 Å². The van der Waals surface area contributed by atoms with Gasteiger partial charge in [-0.3, -0.25) is 0 Å². The first kappa shape index (κ1) is 18.1. The number of halogens is 1. The number of carbonyl (C=O) groups excluding carboxylic acids is 1. The minimum atomic E-state index is -3.00. The number of carbonyl (C=O) groups is 1. The van der Waals surface area contributed by atoms with E-state index in [-0.39, 0.29) is 23.6 Å². The third kappa shape index (κ3) is 4.30. The molecule has 1 aromatic carbocycles. The fourth-order valence-corrected chi connectivity index (χ4v) is 5.08. The Kier molecular flexibility index (Phi) is 5.29. The smallest absolute Gasteiger partial charge is 0.317 e. The van der Waals surface area contributed by atoms with Crippen LogP contribution in [0.2, 0.25) is 5.02 Å². The third-order valence-corrected chi connectivity index (χ3v) is 6.61. The van der Waals surface area contributed by atoms with Crippen molar-refractivity contribution in [1.29, 1.82) is 0 Å². The predicted octanol–water partition coefficient (Wildman–Crippen LogP) is 1.37. The highest BCUT2D eigenvalue weighted by atomic mass is 35.5. The van der Waals surface area contributed by atoms with Crippen LogP contribution in [-0.2, 0) is 9.84 Å². The van der Waals surface area contributed by atoms with Gasteiger partial charge in [-0.25, -0.2) is 13.2 Å². The van der Waals surface area contributed by atoms with Crippen molar-refractivity contribution in [2.45, 2.75) is 12.5 Å². The van der Waals surface area contributed by atoms with E-state index in [4.69, 9.17) is 16.3 Å². The van der Waals surface area contributed by atoms with E-state index in [1.54, 1.807) is 18.1 Å². The number of benzene rings is 1. The monoisotopic (exact) mass is 387 g/mol. The second-order valence-electron chi connectivity index (χ2n) is 6.34. The lowest BCUT2D eigenvalue weighted by atomic mass is 10.2. The first-order valence-corrected chi connectivity index (χ1v) is 10.4. The summed E-state index contributed by atoms with van der Waals surface area (Å²) in [5.74, 6) is 0.942. The Balaban J connectivity index is 1.57. The van der Waals surface area contributed by atoms with Crippen LogP contribution >= 0.6 is 11.6 Å². The van der Waals surface area contributed by atoms with Crippen LogP contribution in [0, 0.1) is 0 Å². The zero-order chi connectivity index (χ0) is 18.0. The summed E-state index contributed by atoms with van der Waals surface area (Å²) in [6.45, 7) is 2.43. The number of nitrogens with one attached hydrogen (secondary N) is 1. The molecule has 3 rings (SSSR count). The molecule has 0 radical (unpaired) electrons. The maximum atomic E-state index is 12.3. The van der Waals surface area contributed by atoms with Crippen molar-refractivity contribution in [2.75, 3.05) is 49.7 Å². The van der Waals surface area contributed by atoms with Crippen molar-refractivity contribution >= 4 is 33.2 Å². The van der Waals surface area contributed by atoms with E-state index < -0.39 is 9.84 Å². The average Bonchev–Trinajstić information content (AvgIpc) is 2.93. The molecule has 1 unspecified atom stereocenters. The van der Waals surface area contributed by atoms with Crippen LogP contribution < -0.4 is 15.0 Å². The van der Waals surface area contributed by atoms with Crippen molar-refractivity contribution in [2.24, 2.45) is 0 Å². The zero-order valence-electron chi connectivity index (χ0n) is 14.1. The lowest BCUT2D eigenvalue weighted by Gasteiger charge is -2.37. The van der Waals surface area contributed by atoms with E-state index >= 15 is 0 Å². The van der Waals surface area contributed by atoms with E-state index in [9.17, 15) is 13.2 Å². The summed E-state index contributed by atoms with van der Waals surface area (Å²) >= 11 is 6.08. The van der Waals surface area contributed by atoms with Crippen molar-refractivity contribution in [1.82, 2.24) is 10.2 Å². The highest BCUT2D eigenvalue weighted by Crippen LogP contribution is 2.31. The topological polar surface area (TPSA) is 79.0 Å². The molecule has 2 amide bonds. The molecule has 2 saturated heterocycles. The van der Waals surface area contributed by atoms with Crippen molar-refractivity contribution in [3.63, 3.8) is 0 Å². The number of anilines is 1. The van der Waals surface area contributed by atoms with E-state index in [1.807, 2.05) is 12.1 Å². The van der Waals surface area contributed by atoms with Gasteiger partial charge in [0.15, 0.2) is 9.84 Å². The summed E-state index contributed by atoms with van der Waals surface area (Å²) in [5, 5.41) is 3.47. The SMILES string of the molecule is COc1ccc(Cl)cc1N1CCN(C(=O)NC2CCS(=O)(=O)C2)CC1. The van der Waals surface area contributed by atoms with Crippen molar-refractivity contribution in [3.8, 4) is 5.75 Å². The molecule has 2 heterocycles. The molecule has 2 aliphatic rings. The molecular weight excluding hydrogens is 366 g/mol. The second kappa shape index (κ2) is 7.29. The molecule has 2 fully saturated rings. The Morgan fingerprint density at radius 3 is 2.60 bits per heavy atom. The van der Waals surface area contributed by atoms with Crippen LogP contribution in [0.25, 0.3) is 0 Å². The van der Waals surface area contributed by atoms with Crippen LogP contribution in [0.4, 0.5) is 10.5 Å². The standard InChI is InChI=1S/C16H22ClN3O4S/c1-24-15-3-2-12(17)10-14(15)19-5-7-20(8-6-19)16(21)18-13-4-9-25(22,23)11-13/h2-3,10,13H,4-9,11H2,1H3,(H,18,21). The van der Waals surface area contributed by atoms with Gasteiger partial charge in [-0.15, -0.1) is 0 Å². The van der Waals surface area contributed by atoms with Gasteiger partial charge in [-0.1, -0.05) is 11.6 Å². The number of nitrogens with zero attached hydrogens (tertiary/aromatic N) is 2. The molecule has 25 heavy (non-hydrogen) atoms. The molecule has 0 bridgehead atoms. The predicted molar refractivity (Wildman–Crippen MR) is 97.4 cm³/mol. The number of urea groups is 1. The number of hydrogen-bond acceptors (Lipinski definition) is 5. The highest BCUT2D eigenvalue weighted by molar-refractivity contribution is 7.91. The van der Waals surface area contributed by atoms with Gasteiger partial charge in [0, 0.05) is 37.2 Å². The van der Waals surface area contributed by atoms with Gasteiger partial charge in [-0.2, -0.15) is 0 Å². The number of amides is 2. The number of rotatable bonds is 3. The molecule has 0 spiro atoms.